The number of hydrogen-bond acceptors (Lipinski definition) is 5. The number of halogens is 5. The van der Waals surface area contributed by atoms with Crippen LogP contribution in [0, 0.1) is 0 Å². The third-order valence-corrected chi connectivity index (χ3v) is 7.02. The lowest BCUT2D eigenvalue weighted by Gasteiger charge is -2.27. The van der Waals surface area contributed by atoms with Gasteiger partial charge in [-0.05, 0) is 48.4 Å². The molecule has 0 fully saturated rings. The Morgan fingerprint density at radius 3 is 2.39 bits per heavy atom. The van der Waals surface area contributed by atoms with Crippen LogP contribution >= 0.6 is 23.2 Å². The van der Waals surface area contributed by atoms with Crippen molar-refractivity contribution < 1.29 is 26.7 Å². The molecule has 0 amide bonds. The molecule has 2 heterocycles. The van der Waals surface area contributed by atoms with Crippen LogP contribution in [-0.2, 0) is 16.2 Å². The molecule has 0 spiro atoms. The first-order chi connectivity index (χ1) is 15.5. The summed E-state index contributed by atoms with van der Waals surface area (Å²) >= 11 is 11.7. The lowest BCUT2D eigenvalue weighted by atomic mass is 10.1. The van der Waals surface area contributed by atoms with Crippen LogP contribution in [0.4, 0.5) is 18.9 Å². The Balaban J connectivity index is 2.18. The maximum Gasteiger partial charge on any atom is 0.417 e. The van der Waals surface area contributed by atoms with Gasteiger partial charge in [0.1, 0.15) is 6.10 Å². The molecular formula is C21H18Cl2F3N3O3S. The quantitative estimate of drug-likeness (QED) is 0.446. The van der Waals surface area contributed by atoms with Crippen LogP contribution in [0.1, 0.15) is 36.3 Å². The minimum Gasteiger partial charge on any atom is -0.382 e. The molecule has 1 atom stereocenters. The Bertz CT molecular complexity index is 1240. The summed E-state index contributed by atoms with van der Waals surface area (Å²) in [5, 5.41) is 10.3. The van der Waals surface area contributed by atoms with Gasteiger partial charge in [-0.25, -0.2) is 8.42 Å². The van der Waals surface area contributed by atoms with Gasteiger partial charge in [-0.2, -0.15) is 13.2 Å². The van der Waals surface area contributed by atoms with Crippen molar-refractivity contribution in [2.45, 2.75) is 30.5 Å². The van der Waals surface area contributed by atoms with Crippen molar-refractivity contribution in [3.8, 4) is 0 Å². The van der Waals surface area contributed by atoms with Crippen molar-refractivity contribution in [3.05, 3.63) is 81.9 Å². The minimum atomic E-state index is -4.85. The summed E-state index contributed by atoms with van der Waals surface area (Å²) in [6.45, 7) is 1.59. The number of hydrogen-bond donors (Lipinski definition) is 1. The lowest BCUT2D eigenvalue weighted by Crippen LogP contribution is -2.33. The van der Waals surface area contributed by atoms with E-state index in [0.29, 0.717) is 18.1 Å². The minimum absolute atomic E-state index is 0.0346. The van der Waals surface area contributed by atoms with Gasteiger partial charge in [0, 0.05) is 25.1 Å². The topological polar surface area (TPSA) is 83.4 Å². The molecule has 2 aromatic heterocycles. The van der Waals surface area contributed by atoms with Crippen molar-refractivity contribution in [2.24, 2.45) is 0 Å². The standard InChI is InChI=1S/C21H18Cl2F3N3O3S/c1-2-9-29(33(31,32)15-3-4-17(23)16(11-15)21(24,25)26)18-10-14(22)12-28-19(18)20(30)13-5-7-27-8-6-13/h3-8,10-12,20,30H,2,9H2,1H3. The number of alkyl halides is 3. The molecular weight excluding hydrogens is 502 g/mol. The largest absolute Gasteiger partial charge is 0.417 e. The van der Waals surface area contributed by atoms with E-state index in [9.17, 15) is 26.7 Å². The monoisotopic (exact) mass is 519 g/mol. The number of nitrogens with zero attached hydrogens (tertiary/aromatic N) is 3. The first-order valence-electron chi connectivity index (χ1n) is 9.59. The van der Waals surface area contributed by atoms with Gasteiger partial charge in [0.15, 0.2) is 0 Å². The molecule has 1 N–H and O–H groups in total. The summed E-state index contributed by atoms with van der Waals surface area (Å²) < 4.78 is 67.9. The van der Waals surface area contributed by atoms with Gasteiger partial charge in [-0.1, -0.05) is 30.1 Å². The maximum absolute atomic E-state index is 13.5. The van der Waals surface area contributed by atoms with Crippen molar-refractivity contribution >= 4 is 38.9 Å². The number of sulfonamides is 1. The highest BCUT2D eigenvalue weighted by Crippen LogP contribution is 2.38. The Kier molecular flexibility index (Phi) is 7.52. The van der Waals surface area contributed by atoms with Gasteiger partial charge in [0.25, 0.3) is 10.0 Å². The summed E-state index contributed by atoms with van der Waals surface area (Å²) in [5.74, 6) is 0. The second-order valence-electron chi connectivity index (χ2n) is 6.96. The Hall–Kier alpha value is -2.40. The third kappa shape index (κ3) is 5.40. The molecule has 176 valence electrons. The number of aliphatic hydroxyl groups is 1. The second-order valence-corrected chi connectivity index (χ2v) is 9.66. The lowest BCUT2D eigenvalue weighted by molar-refractivity contribution is -0.137. The molecule has 3 aromatic rings. The van der Waals surface area contributed by atoms with E-state index in [1.807, 2.05) is 0 Å². The zero-order valence-corrected chi connectivity index (χ0v) is 19.4. The molecule has 0 saturated heterocycles. The number of pyridine rings is 2. The van der Waals surface area contributed by atoms with Gasteiger partial charge in [-0.15, -0.1) is 0 Å². The van der Waals surface area contributed by atoms with Crippen LogP contribution in [0.3, 0.4) is 0 Å². The molecule has 1 unspecified atom stereocenters. The summed E-state index contributed by atoms with van der Waals surface area (Å²) in [5.41, 5.74) is -0.978. The molecule has 0 aliphatic rings. The van der Waals surface area contributed by atoms with Crippen LogP contribution in [0.25, 0.3) is 0 Å². The Morgan fingerprint density at radius 1 is 1.12 bits per heavy atom. The number of aromatic nitrogens is 2. The number of rotatable bonds is 7. The molecule has 0 radical (unpaired) electrons. The van der Waals surface area contributed by atoms with E-state index >= 15 is 0 Å². The summed E-state index contributed by atoms with van der Waals surface area (Å²) in [6.07, 6.45) is -1.74. The molecule has 1 aromatic carbocycles. The smallest absolute Gasteiger partial charge is 0.382 e. The van der Waals surface area contributed by atoms with Crippen LogP contribution in [-0.4, -0.2) is 30.0 Å². The molecule has 0 bridgehead atoms. The van der Waals surface area contributed by atoms with E-state index in [1.165, 1.54) is 36.8 Å². The fraction of sp³-hybridized carbons (Fsp3) is 0.238. The average Bonchev–Trinajstić information content (AvgIpc) is 2.76. The average molecular weight is 520 g/mol. The Labute approximate surface area is 198 Å². The fourth-order valence-corrected chi connectivity index (χ4v) is 5.10. The zero-order valence-electron chi connectivity index (χ0n) is 17.1. The Morgan fingerprint density at radius 2 is 1.79 bits per heavy atom. The highest BCUT2D eigenvalue weighted by Gasteiger charge is 2.36. The molecule has 6 nitrogen and oxygen atoms in total. The number of benzene rings is 1. The zero-order chi connectivity index (χ0) is 24.4. The van der Waals surface area contributed by atoms with Crippen molar-refractivity contribution in [1.29, 1.82) is 0 Å². The first-order valence-corrected chi connectivity index (χ1v) is 11.8. The van der Waals surface area contributed by atoms with Crippen LogP contribution in [0.2, 0.25) is 10.0 Å². The van der Waals surface area contributed by atoms with E-state index in [4.69, 9.17) is 23.2 Å². The van der Waals surface area contributed by atoms with E-state index in [0.717, 1.165) is 16.4 Å². The molecule has 33 heavy (non-hydrogen) atoms. The van der Waals surface area contributed by atoms with Crippen LogP contribution < -0.4 is 4.31 Å². The third-order valence-electron chi connectivity index (χ3n) is 4.67. The van der Waals surface area contributed by atoms with Crippen molar-refractivity contribution in [1.82, 2.24) is 9.97 Å². The van der Waals surface area contributed by atoms with Gasteiger partial charge in [-0.3, -0.25) is 14.3 Å². The van der Waals surface area contributed by atoms with Gasteiger partial charge in [0.05, 0.1) is 31.9 Å². The summed E-state index contributed by atoms with van der Waals surface area (Å²) in [7, 11) is -4.52. The van der Waals surface area contributed by atoms with Gasteiger partial charge < -0.3 is 5.11 Å². The number of anilines is 1. The SMILES string of the molecule is CCCN(c1cc(Cl)cnc1C(O)c1ccncc1)S(=O)(=O)c1ccc(Cl)c(C(F)(F)F)c1. The van der Waals surface area contributed by atoms with E-state index in [-0.39, 0.29) is 22.9 Å². The second kappa shape index (κ2) is 9.84. The molecule has 0 saturated carbocycles. The highest BCUT2D eigenvalue weighted by molar-refractivity contribution is 7.92. The van der Waals surface area contributed by atoms with Crippen molar-refractivity contribution in [2.75, 3.05) is 10.8 Å². The normalized spacial score (nSPS) is 13.1. The van der Waals surface area contributed by atoms with E-state index in [2.05, 4.69) is 9.97 Å². The van der Waals surface area contributed by atoms with Crippen LogP contribution in [0.15, 0.2) is 59.9 Å². The fourth-order valence-electron chi connectivity index (χ4n) is 3.14. The molecule has 0 aliphatic heterocycles. The highest BCUT2D eigenvalue weighted by atomic mass is 35.5. The summed E-state index contributed by atoms with van der Waals surface area (Å²) in [4.78, 5) is 7.39. The predicted molar refractivity (Wildman–Crippen MR) is 119 cm³/mol. The van der Waals surface area contributed by atoms with E-state index < -0.39 is 37.8 Å². The van der Waals surface area contributed by atoms with Crippen LogP contribution in [0.5, 0.6) is 0 Å². The van der Waals surface area contributed by atoms with Gasteiger partial charge in [0.2, 0.25) is 0 Å². The molecule has 0 aliphatic carbocycles. The predicted octanol–water partition coefficient (Wildman–Crippen LogP) is 5.49. The van der Waals surface area contributed by atoms with E-state index in [1.54, 1.807) is 6.92 Å². The number of aliphatic hydroxyl groups excluding tert-OH is 1. The molecule has 3 rings (SSSR count). The van der Waals surface area contributed by atoms with Crippen molar-refractivity contribution in [3.63, 3.8) is 0 Å². The maximum atomic E-state index is 13.5. The van der Waals surface area contributed by atoms with Gasteiger partial charge >= 0.3 is 6.18 Å². The first kappa shape index (κ1) is 25.2. The molecule has 12 heteroatoms. The summed E-state index contributed by atoms with van der Waals surface area (Å²) in [6, 6.07) is 6.70.